The van der Waals surface area contributed by atoms with E-state index in [1.54, 1.807) is 6.07 Å². The number of rotatable bonds is 8. The first-order valence-corrected chi connectivity index (χ1v) is 6.96. The molecule has 0 aliphatic rings. The van der Waals surface area contributed by atoms with Crippen LogP contribution in [0.5, 0.6) is 5.75 Å². The van der Waals surface area contributed by atoms with Crippen LogP contribution in [0.3, 0.4) is 0 Å². The van der Waals surface area contributed by atoms with Gasteiger partial charge in [0.1, 0.15) is 0 Å². The van der Waals surface area contributed by atoms with Crippen LogP contribution in [0.1, 0.15) is 32.3 Å². The average molecular weight is 282 g/mol. The maximum Gasteiger partial charge on any atom is 0.257 e. The Bertz CT molecular complexity index is 436. The Hall–Kier alpha value is -1.62. The molecular formula is C15H23FN2O2. The Labute approximate surface area is 119 Å². The number of benzene rings is 1. The second-order valence-electron chi connectivity index (χ2n) is 4.94. The summed E-state index contributed by atoms with van der Waals surface area (Å²) in [5.74, 6) is -0.619. The summed E-state index contributed by atoms with van der Waals surface area (Å²) in [6.45, 7) is 4.35. The Kier molecular flexibility index (Phi) is 7.01. The number of carbonyl (C=O) groups excluding carboxylic acids is 1. The van der Waals surface area contributed by atoms with Crippen LogP contribution in [0.25, 0.3) is 0 Å². The van der Waals surface area contributed by atoms with Crippen molar-refractivity contribution in [1.82, 2.24) is 5.32 Å². The topological polar surface area (TPSA) is 64.3 Å². The number of carbonyl (C=O) groups is 1. The summed E-state index contributed by atoms with van der Waals surface area (Å²) < 4.78 is 18.9. The lowest BCUT2D eigenvalue weighted by Crippen LogP contribution is -2.29. The third-order valence-electron chi connectivity index (χ3n) is 2.77. The highest BCUT2D eigenvalue weighted by Crippen LogP contribution is 2.18. The fourth-order valence-corrected chi connectivity index (χ4v) is 1.76. The highest BCUT2D eigenvalue weighted by atomic mass is 19.1. The monoisotopic (exact) mass is 282 g/mol. The molecule has 5 heteroatoms. The zero-order valence-corrected chi connectivity index (χ0v) is 12.1. The molecule has 0 aromatic heterocycles. The summed E-state index contributed by atoms with van der Waals surface area (Å²) in [4.78, 5) is 11.4. The smallest absolute Gasteiger partial charge is 0.257 e. The molecule has 1 unspecified atom stereocenters. The lowest BCUT2D eigenvalue weighted by molar-refractivity contribution is -0.123. The number of hydrogen-bond acceptors (Lipinski definition) is 3. The van der Waals surface area contributed by atoms with Gasteiger partial charge in [0.25, 0.3) is 5.91 Å². The van der Waals surface area contributed by atoms with Gasteiger partial charge in [0, 0.05) is 12.6 Å². The van der Waals surface area contributed by atoms with E-state index >= 15 is 0 Å². The van der Waals surface area contributed by atoms with Crippen molar-refractivity contribution in [2.24, 2.45) is 5.73 Å². The Morgan fingerprint density at radius 1 is 1.50 bits per heavy atom. The van der Waals surface area contributed by atoms with Crippen LogP contribution in [0.4, 0.5) is 4.39 Å². The minimum atomic E-state index is -0.468. The van der Waals surface area contributed by atoms with Crippen molar-refractivity contribution in [1.29, 1.82) is 0 Å². The Balaban J connectivity index is 2.46. The maximum atomic E-state index is 13.8. The molecule has 0 radical (unpaired) electrons. The zero-order chi connectivity index (χ0) is 15.0. The van der Waals surface area contributed by atoms with Crippen LogP contribution >= 0.6 is 0 Å². The van der Waals surface area contributed by atoms with E-state index in [2.05, 4.69) is 5.32 Å². The summed E-state index contributed by atoms with van der Waals surface area (Å²) in [6.07, 6.45) is 2.54. The van der Waals surface area contributed by atoms with Gasteiger partial charge in [-0.1, -0.05) is 19.4 Å². The van der Waals surface area contributed by atoms with E-state index in [1.165, 1.54) is 12.1 Å². The van der Waals surface area contributed by atoms with Crippen molar-refractivity contribution in [3.63, 3.8) is 0 Å². The molecular weight excluding hydrogens is 259 g/mol. The number of hydrogen-bond donors (Lipinski definition) is 2. The Morgan fingerprint density at radius 3 is 2.85 bits per heavy atom. The normalized spacial score (nSPS) is 12.0. The molecule has 1 amide bonds. The Morgan fingerprint density at radius 2 is 2.25 bits per heavy atom. The van der Waals surface area contributed by atoms with E-state index in [0.717, 1.165) is 18.4 Å². The molecule has 0 bridgehead atoms. The molecule has 1 atom stereocenters. The van der Waals surface area contributed by atoms with Gasteiger partial charge in [-0.3, -0.25) is 4.79 Å². The second-order valence-corrected chi connectivity index (χ2v) is 4.94. The molecule has 0 aliphatic carbocycles. The summed E-state index contributed by atoms with van der Waals surface area (Å²) in [5, 5.41) is 2.71. The van der Waals surface area contributed by atoms with Crippen LogP contribution in [0.15, 0.2) is 18.2 Å². The highest BCUT2D eigenvalue weighted by molar-refractivity contribution is 5.77. The van der Waals surface area contributed by atoms with Gasteiger partial charge in [-0.05, 0) is 37.5 Å². The number of halogens is 1. The van der Waals surface area contributed by atoms with Crippen LogP contribution in [0.2, 0.25) is 0 Å². The largest absolute Gasteiger partial charge is 0.481 e. The van der Waals surface area contributed by atoms with Gasteiger partial charge in [0.15, 0.2) is 18.2 Å². The van der Waals surface area contributed by atoms with Gasteiger partial charge in [-0.25, -0.2) is 4.39 Å². The number of nitrogens with two attached hydrogens (primary N) is 1. The van der Waals surface area contributed by atoms with Crippen LogP contribution in [-0.4, -0.2) is 25.1 Å². The predicted molar refractivity (Wildman–Crippen MR) is 77.2 cm³/mol. The van der Waals surface area contributed by atoms with Crippen molar-refractivity contribution in [2.75, 3.05) is 13.2 Å². The van der Waals surface area contributed by atoms with Crippen LogP contribution < -0.4 is 15.8 Å². The lowest BCUT2D eigenvalue weighted by atomic mass is 10.1. The summed E-state index contributed by atoms with van der Waals surface area (Å²) in [6, 6.07) is 4.67. The molecule has 0 heterocycles. The molecule has 20 heavy (non-hydrogen) atoms. The molecule has 1 aromatic carbocycles. The van der Waals surface area contributed by atoms with Crippen molar-refractivity contribution in [2.45, 2.75) is 39.2 Å². The van der Waals surface area contributed by atoms with Gasteiger partial charge < -0.3 is 15.8 Å². The number of amides is 1. The number of ether oxygens (including phenoxy) is 1. The van der Waals surface area contributed by atoms with Crippen molar-refractivity contribution >= 4 is 5.91 Å². The van der Waals surface area contributed by atoms with Crippen LogP contribution in [-0.2, 0) is 11.2 Å². The standard InChI is InChI=1S/C15H23FN2O2/c1-3-4-7-18-15(19)10-20-14-6-5-12(8-11(2)17)9-13(14)16/h5-6,9,11H,3-4,7-8,10,17H2,1-2H3,(H,18,19). The third kappa shape index (κ3) is 6.02. The highest BCUT2D eigenvalue weighted by Gasteiger charge is 2.08. The van der Waals surface area contributed by atoms with Gasteiger partial charge in [0.05, 0.1) is 0 Å². The maximum absolute atomic E-state index is 13.8. The van der Waals surface area contributed by atoms with E-state index in [0.29, 0.717) is 13.0 Å². The molecule has 112 valence electrons. The van der Waals surface area contributed by atoms with E-state index in [4.69, 9.17) is 10.5 Å². The molecule has 0 aliphatic heterocycles. The predicted octanol–water partition coefficient (Wildman–Crippen LogP) is 2.01. The van der Waals surface area contributed by atoms with E-state index in [9.17, 15) is 9.18 Å². The molecule has 1 rings (SSSR count). The first-order chi connectivity index (χ1) is 9.52. The van der Waals surface area contributed by atoms with Gasteiger partial charge >= 0.3 is 0 Å². The fraction of sp³-hybridized carbons (Fsp3) is 0.533. The lowest BCUT2D eigenvalue weighted by Gasteiger charge is -2.10. The second kappa shape index (κ2) is 8.53. The summed E-state index contributed by atoms with van der Waals surface area (Å²) >= 11 is 0. The molecule has 0 spiro atoms. The first kappa shape index (κ1) is 16.4. The summed E-state index contributed by atoms with van der Waals surface area (Å²) in [5.41, 5.74) is 6.48. The van der Waals surface area contributed by atoms with Gasteiger partial charge in [0.2, 0.25) is 0 Å². The number of nitrogens with one attached hydrogen (secondary N) is 1. The molecule has 4 nitrogen and oxygen atoms in total. The van der Waals surface area contributed by atoms with E-state index in [1.807, 2.05) is 13.8 Å². The minimum Gasteiger partial charge on any atom is -0.481 e. The van der Waals surface area contributed by atoms with Crippen molar-refractivity contribution < 1.29 is 13.9 Å². The average Bonchev–Trinajstić information content (AvgIpc) is 2.37. The van der Waals surface area contributed by atoms with E-state index in [-0.39, 0.29) is 24.3 Å². The zero-order valence-electron chi connectivity index (χ0n) is 12.1. The quantitative estimate of drug-likeness (QED) is 0.717. The molecule has 3 N–H and O–H groups in total. The van der Waals surface area contributed by atoms with Gasteiger partial charge in [-0.2, -0.15) is 0 Å². The fourth-order valence-electron chi connectivity index (χ4n) is 1.76. The first-order valence-electron chi connectivity index (χ1n) is 6.96. The van der Waals surface area contributed by atoms with Crippen molar-refractivity contribution in [3.8, 4) is 5.75 Å². The van der Waals surface area contributed by atoms with E-state index < -0.39 is 5.82 Å². The molecule has 1 aromatic rings. The molecule has 0 fully saturated rings. The van der Waals surface area contributed by atoms with Crippen molar-refractivity contribution in [3.05, 3.63) is 29.6 Å². The third-order valence-corrected chi connectivity index (χ3v) is 2.77. The SMILES string of the molecule is CCCCNC(=O)COc1ccc(CC(C)N)cc1F. The van der Waals surface area contributed by atoms with Crippen LogP contribution in [0, 0.1) is 5.82 Å². The molecule has 0 saturated carbocycles. The van der Waals surface area contributed by atoms with Gasteiger partial charge in [-0.15, -0.1) is 0 Å². The number of unbranched alkanes of at least 4 members (excludes halogenated alkanes) is 1. The minimum absolute atomic E-state index is 0.0227. The molecule has 0 saturated heterocycles. The summed E-state index contributed by atoms with van der Waals surface area (Å²) in [7, 11) is 0.